The second-order valence-corrected chi connectivity index (χ2v) is 8.27. The molecule has 1 aromatic carbocycles. The molecule has 2 aliphatic carbocycles. The third kappa shape index (κ3) is 3.19. The molecule has 2 heterocycles. The van der Waals surface area contributed by atoms with Gasteiger partial charge in [0.05, 0.1) is 0 Å². The van der Waals surface area contributed by atoms with E-state index in [1.54, 1.807) is 6.07 Å². The van der Waals surface area contributed by atoms with Gasteiger partial charge in [-0.15, -0.1) is 0 Å². The molecule has 0 radical (unpaired) electrons. The number of piperidine rings is 1. The number of benzene rings is 1. The van der Waals surface area contributed by atoms with E-state index in [9.17, 15) is 10.2 Å². The molecule has 0 saturated carbocycles. The number of aromatic hydroxyl groups is 1. The highest BCUT2D eigenvalue weighted by Crippen LogP contribution is 2.62. The SMILES string of the molecule is CN1CC[C@]23c4c5ccc(O)c4O[C@H]2[C@@H](O)C=C[C@H]3[C@H]1C5.CO.O=S(=O)(O)O. The summed E-state index contributed by atoms with van der Waals surface area (Å²) in [5, 5.41) is 27.6. The van der Waals surface area contributed by atoms with Crippen molar-refractivity contribution in [2.45, 2.75) is 36.5 Å². The van der Waals surface area contributed by atoms with Crippen LogP contribution in [-0.2, 0) is 22.2 Å². The lowest BCUT2D eigenvalue weighted by molar-refractivity contribution is -0.0453. The molecule has 1 saturated heterocycles. The molecule has 9 nitrogen and oxygen atoms in total. The molecule has 0 amide bonds. The molecule has 1 fully saturated rings. The second kappa shape index (κ2) is 7.29. The number of aliphatic hydroxyl groups is 2. The molecule has 2 aliphatic heterocycles. The third-order valence-electron chi connectivity index (χ3n) is 6.15. The molecule has 10 heteroatoms. The van der Waals surface area contributed by atoms with Gasteiger partial charge in [-0.3, -0.25) is 9.11 Å². The van der Waals surface area contributed by atoms with Crippen LogP contribution in [0.4, 0.5) is 0 Å². The number of phenols is 1. The van der Waals surface area contributed by atoms with Gasteiger partial charge in [0.2, 0.25) is 0 Å². The van der Waals surface area contributed by atoms with E-state index < -0.39 is 16.5 Å². The second-order valence-electron chi connectivity index (χ2n) is 7.38. The summed E-state index contributed by atoms with van der Waals surface area (Å²) in [6.45, 7) is 1.01. The molecule has 5 rings (SSSR count). The van der Waals surface area contributed by atoms with Crippen molar-refractivity contribution < 1.29 is 37.6 Å². The summed E-state index contributed by atoms with van der Waals surface area (Å²) >= 11 is 0. The van der Waals surface area contributed by atoms with E-state index in [1.807, 2.05) is 12.1 Å². The number of aliphatic hydroxyl groups excluding tert-OH is 2. The van der Waals surface area contributed by atoms with Gasteiger partial charge < -0.3 is 25.0 Å². The molecular formula is C18H25NO8S. The Hall–Kier alpha value is -1.69. The number of hydrogen-bond donors (Lipinski definition) is 5. The minimum Gasteiger partial charge on any atom is -0.504 e. The van der Waals surface area contributed by atoms with Crippen LogP contribution in [-0.4, -0.2) is 76.7 Å². The highest BCUT2D eigenvalue weighted by molar-refractivity contribution is 7.79. The van der Waals surface area contributed by atoms with Crippen molar-refractivity contribution >= 4 is 10.4 Å². The fraction of sp³-hybridized carbons (Fsp3) is 0.556. The highest BCUT2D eigenvalue weighted by atomic mass is 32.3. The molecule has 0 aromatic heterocycles. The Morgan fingerprint density at radius 2 is 1.86 bits per heavy atom. The van der Waals surface area contributed by atoms with Crippen molar-refractivity contribution in [1.82, 2.24) is 4.90 Å². The van der Waals surface area contributed by atoms with Gasteiger partial charge in [0.15, 0.2) is 11.5 Å². The Bertz CT molecular complexity index is 878. The van der Waals surface area contributed by atoms with Crippen molar-refractivity contribution in [1.29, 1.82) is 0 Å². The van der Waals surface area contributed by atoms with Crippen molar-refractivity contribution in [3.63, 3.8) is 0 Å². The molecule has 0 unspecified atom stereocenters. The predicted octanol–water partition coefficient (Wildman–Crippen LogP) is 0.154. The average molecular weight is 415 g/mol. The van der Waals surface area contributed by atoms with Crippen molar-refractivity contribution in [3.8, 4) is 11.5 Å². The summed E-state index contributed by atoms with van der Waals surface area (Å²) in [5.41, 5.74) is 2.29. The van der Waals surface area contributed by atoms with Crippen LogP contribution < -0.4 is 4.74 Å². The van der Waals surface area contributed by atoms with Crippen LogP contribution in [0.25, 0.3) is 0 Å². The van der Waals surface area contributed by atoms with E-state index in [0.29, 0.717) is 17.7 Å². The summed E-state index contributed by atoms with van der Waals surface area (Å²) in [4.78, 5) is 2.43. The number of likely N-dealkylation sites (N-methyl/N-ethyl adjacent to an activating group) is 1. The fourth-order valence-corrected chi connectivity index (χ4v) is 5.24. The molecule has 5 atom stereocenters. The average Bonchev–Trinajstić information content (AvgIpc) is 2.98. The van der Waals surface area contributed by atoms with Gasteiger partial charge in [0.1, 0.15) is 12.2 Å². The van der Waals surface area contributed by atoms with E-state index in [4.69, 9.17) is 27.4 Å². The summed E-state index contributed by atoms with van der Waals surface area (Å²) in [6, 6.07) is 4.23. The summed E-state index contributed by atoms with van der Waals surface area (Å²) < 4.78 is 37.7. The summed E-state index contributed by atoms with van der Waals surface area (Å²) in [6.07, 6.45) is 5.18. The first-order valence-corrected chi connectivity index (χ1v) is 10.3. The molecule has 28 heavy (non-hydrogen) atoms. The number of ether oxygens (including phenoxy) is 1. The number of phenolic OH excluding ortho intramolecular Hbond substituents is 1. The van der Waals surface area contributed by atoms with Crippen LogP contribution in [0.2, 0.25) is 0 Å². The zero-order valence-electron chi connectivity index (χ0n) is 15.6. The van der Waals surface area contributed by atoms with Crippen LogP contribution >= 0.6 is 0 Å². The largest absolute Gasteiger partial charge is 0.504 e. The van der Waals surface area contributed by atoms with Crippen LogP contribution in [0.1, 0.15) is 17.5 Å². The molecule has 2 bridgehead atoms. The smallest absolute Gasteiger partial charge is 0.394 e. The molecular weight excluding hydrogens is 390 g/mol. The Morgan fingerprint density at radius 3 is 2.50 bits per heavy atom. The first-order valence-electron chi connectivity index (χ1n) is 8.86. The number of likely N-dealkylation sites (tertiary alicyclic amines) is 1. The lowest BCUT2D eigenvalue weighted by Gasteiger charge is -2.56. The Labute approximate surface area is 163 Å². The minimum absolute atomic E-state index is 0.160. The van der Waals surface area contributed by atoms with E-state index in [-0.39, 0.29) is 17.3 Å². The topological polar surface area (TPSA) is 148 Å². The zero-order valence-corrected chi connectivity index (χ0v) is 16.4. The van der Waals surface area contributed by atoms with E-state index in [2.05, 4.69) is 18.0 Å². The van der Waals surface area contributed by atoms with Gasteiger partial charge >= 0.3 is 10.4 Å². The van der Waals surface area contributed by atoms with Crippen LogP contribution in [0, 0.1) is 5.92 Å². The first-order chi connectivity index (χ1) is 13.1. The molecule has 1 aromatic rings. The van der Waals surface area contributed by atoms with Gasteiger partial charge in [-0.05, 0) is 38.1 Å². The summed E-state index contributed by atoms with van der Waals surface area (Å²) in [5.74, 6) is 1.19. The number of rotatable bonds is 0. The van der Waals surface area contributed by atoms with Gasteiger partial charge in [-0.25, -0.2) is 0 Å². The van der Waals surface area contributed by atoms with Gasteiger partial charge in [-0.1, -0.05) is 18.2 Å². The van der Waals surface area contributed by atoms with Gasteiger partial charge in [-0.2, -0.15) is 8.42 Å². The van der Waals surface area contributed by atoms with Crippen LogP contribution in [0.3, 0.4) is 0 Å². The van der Waals surface area contributed by atoms with E-state index >= 15 is 0 Å². The van der Waals surface area contributed by atoms with E-state index in [0.717, 1.165) is 26.5 Å². The van der Waals surface area contributed by atoms with Gasteiger partial charge in [0.25, 0.3) is 0 Å². The maximum Gasteiger partial charge on any atom is 0.394 e. The lowest BCUT2D eigenvalue weighted by atomic mass is 9.53. The van der Waals surface area contributed by atoms with Crippen molar-refractivity contribution in [2.24, 2.45) is 5.92 Å². The molecule has 156 valence electrons. The van der Waals surface area contributed by atoms with Gasteiger partial charge in [0, 0.05) is 30.0 Å². The van der Waals surface area contributed by atoms with Crippen LogP contribution in [0.15, 0.2) is 24.3 Å². The number of nitrogens with zero attached hydrogens (tertiary/aromatic N) is 1. The Kier molecular flexibility index (Phi) is 5.47. The maximum absolute atomic E-state index is 10.4. The highest BCUT2D eigenvalue weighted by Gasteiger charge is 2.64. The number of hydrogen-bond acceptors (Lipinski definition) is 7. The molecule has 4 aliphatic rings. The monoisotopic (exact) mass is 415 g/mol. The van der Waals surface area contributed by atoms with E-state index in [1.165, 1.54) is 11.1 Å². The first kappa shape index (κ1) is 21.0. The van der Waals surface area contributed by atoms with Crippen molar-refractivity contribution in [3.05, 3.63) is 35.4 Å². The summed E-state index contributed by atoms with van der Waals surface area (Å²) in [7, 11) is -1.48. The maximum atomic E-state index is 10.4. The molecule has 5 N–H and O–H groups in total. The normalized spacial score (nSPS) is 34.2. The fourth-order valence-electron chi connectivity index (χ4n) is 5.24. The predicted molar refractivity (Wildman–Crippen MR) is 99.9 cm³/mol. The lowest BCUT2D eigenvalue weighted by Crippen LogP contribution is -2.64. The zero-order chi connectivity index (χ0) is 20.9. The third-order valence-corrected chi connectivity index (χ3v) is 6.15. The minimum atomic E-state index is -4.67. The Balaban J connectivity index is 0.000000284. The van der Waals surface area contributed by atoms with Crippen molar-refractivity contribution in [2.75, 3.05) is 20.7 Å². The van der Waals surface area contributed by atoms with Crippen LogP contribution in [0.5, 0.6) is 11.5 Å². The molecule has 1 spiro atoms. The standard InChI is InChI=1S/C17H19NO3.CH4O.H2O4S/c1-18-7-6-17-10-3-5-13(20)16(17)21-15-12(19)4-2-9(14(15)17)8-11(10)18;1-2;1-5(2,3)4/h2-5,10-11,13,16,19-20H,6-8H2,1H3;2H,1H3;(H2,1,2,3,4)/t10-,11+,13-,16-,17-;;/m0../s1. The Morgan fingerprint density at radius 1 is 1.21 bits per heavy atom. The quantitative estimate of drug-likeness (QED) is 0.295.